The van der Waals surface area contributed by atoms with Crippen LogP contribution in [0.5, 0.6) is 0 Å². The fraction of sp³-hybridized carbons (Fsp3) is 0.429. The van der Waals surface area contributed by atoms with E-state index < -0.39 is 0 Å². The number of aromatic nitrogens is 2. The van der Waals surface area contributed by atoms with E-state index in [0.717, 1.165) is 61.8 Å². The minimum atomic E-state index is -0.207. The molecule has 4 N–H and O–H groups in total. The highest BCUT2D eigenvalue weighted by Crippen LogP contribution is 2.24. The van der Waals surface area contributed by atoms with Crippen molar-refractivity contribution in [1.29, 1.82) is 0 Å². The molecule has 0 spiro atoms. The summed E-state index contributed by atoms with van der Waals surface area (Å²) in [6.07, 6.45) is 5.93. The Balaban J connectivity index is 1.52. The fourth-order valence-electron chi connectivity index (χ4n) is 3.51. The van der Waals surface area contributed by atoms with Crippen molar-refractivity contribution in [3.05, 3.63) is 52.9 Å². The van der Waals surface area contributed by atoms with Crippen LogP contribution in [0, 0.1) is 5.92 Å². The Morgan fingerprint density at radius 2 is 2.07 bits per heavy atom. The van der Waals surface area contributed by atoms with E-state index >= 15 is 0 Å². The Hall–Kier alpha value is -2.87. The summed E-state index contributed by atoms with van der Waals surface area (Å²) in [4.78, 5) is 26.6. The van der Waals surface area contributed by atoms with Crippen molar-refractivity contribution in [3.63, 3.8) is 0 Å². The Labute approximate surface area is 181 Å². The Morgan fingerprint density at radius 1 is 1.27 bits per heavy atom. The van der Waals surface area contributed by atoms with Gasteiger partial charge in [0, 0.05) is 57.1 Å². The van der Waals surface area contributed by atoms with E-state index in [1.165, 1.54) is 0 Å². The van der Waals surface area contributed by atoms with Crippen LogP contribution >= 0.6 is 11.6 Å². The Kier molecular flexibility index (Phi) is 7.84. The number of pyridine rings is 2. The Bertz CT molecular complexity index is 864. The molecule has 9 heteroatoms. The second kappa shape index (κ2) is 10.8. The lowest BCUT2D eigenvalue weighted by molar-refractivity contribution is -0.122. The second-order valence-corrected chi connectivity index (χ2v) is 7.63. The molecule has 3 heterocycles. The second-order valence-electron chi connectivity index (χ2n) is 7.24. The minimum Gasteiger partial charge on any atom is -0.369 e. The number of aliphatic imine (C=N–C) groups is 1. The first-order valence-corrected chi connectivity index (χ1v) is 10.5. The summed E-state index contributed by atoms with van der Waals surface area (Å²) in [5, 5.41) is 7.16. The molecule has 1 aliphatic rings. The zero-order chi connectivity index (χ0) is 21.3. The lowest BCUT2D eigenvalue weighted by Crippen LogP contribution is -2.40. The number of hydrogen-bond donors (Lipinski definition) is 3. The molecule has 0 radical (unpaired) electrons. The van der Waals surface area contributed by atoms with Gasteiger partial charge in [0.2, 0.25) is 5.91 Å². The maximum atomic E-state index is 11.4. The SMILES string of the molecule is CN=C(NCCc1ccc(Cl)nc1)NCc1cccnc1N1CCC(C(N)=O)CC1. The molecule has 1 saturated heterocycles. The van der Waals surface area contributed by atoms with E-state index in [-0.39, 0.29) is 11.8 Å². The van der Waals surface area contributed by atoms with Gasteiger partial charge in [-0.1, -0.05) is 23.7 Å². The average Bonchev–Trinajstić information content (AvgIpc) is 2.77. The zero-order valence-electron chi connectivity index (χ0n) is 17.1. The van der Waals surface area contributed by atoms with Crippen molar-refractivity contribution >= 4 is 29.3 Å². The van der Waals surface area contributed by atoms with E-state index in [9.17, 15) is 4.79 Å². The maximum Gasteiger partial charge on any atom is 0.220 e. The van der Waals surface area contributed by atoms with Gasteiger partial charge in [-0.2, -0.15) is 0 Å². The van der Waals surface area contributed by atoms with E-state index in [1.807, 2.05) is 12.1 Å². The molecule has 8 nitrogen and oxygen atoms in total. The van der Waals surface area contributed by atoms with E-state index in [2.05, 4.69) is 36.6 Å². The molecular weight excluding hydrogens is 402 g/mol. The van der Waals surface area contributed by atoms with Gasteiger partial charge in [-0.25, -0.2) is 9.97 Å². The molecule has 30 heavy (non-hydrogen) atoms. The van der Waals surface area contributed by atoms with Crippen molar-refractivity contribution in [2.45, 2.75) is 25.8 Å². The largest absolute Gasteiger partial charge is 0.369 e. The predicted octanol–water partition coefficient (Wildman–Crippen LogP) is 1.74. The van der Waals surface area contributed by atoms with Crippen LogP contribution in [0.1, 0.15) is 24.0 Å². The average molecular weight is 430 g/mol. The molecule has 1 fully saturated rings. The summed E-state index contributed by atoms with van der Waals surface area (Å²) in [6, 6.07) is 7.75. The minimum absolute atomic E-state index is 0.0367. The van der Waals surface area contributed by atoms with Crippen LogP contribution < -0.4 is 21.3 Å². The van der Waals surface area contributed by atoms with Crippen molar-refractivity contribution in [2.24, 2.45) is 16.6 Å². The topological polar surface area (TPSA) is 109 Å². The quantitative estimate of drug-likeness (QED) is 0.351. The molecule has 0 saturated carbocycles. The number of nitrogens with two attached hydrogens (primary N) is 1. The highest BCUT2D eigenvalue weighted by Gasteiger charge is 2.24. The molecule has 0 unspecified atom stereocenters. The summed E-state index contributed by atoms with van der Waals surface area (Å²) in [5.74, 6) is 1.42. The third-order valence-corrected chi connectivity index (χ3v) is 5.45. The summed E-state index contributed by atoms with van der Waals surface area (Å²) in [6.45, 7) is 2.88. The summed E-state index contributed by atoms with van der Waals surface area (Å²) >= 11 is 5.82. The van der Waals surface area contributed by atoms with Crippen LogP contribution in [-0.2, 0) is 17.8 Å². The van der Waals surface area contributed by atoms with Crippen molar-refractivity contribution in [1.82, 2.24) is 20.6 Å². The van der Waals surface area contributed by atoms with Gasteiger partial charge in [-0.05, 0) is 37.0 Å². The third-order valence-electron chi connectivity index (χ3n) is 5.23. The smallest absolute Gasteiger partial charge is 0.220 e. The number of nitrogens with zero attached hydrogens (tertiary/aromatic N) is 4. The zero-order valence-corrected chi connectivity index (χ0v) is 17.9. The first-order chi connectivity index (χ1) is 14.6. The molecule has 3 rings (SSSR count). The van der Waals surface area contributed by atoms with Crippen LogP contribution in [-0.4, -0.2) is 48.5 Å². The van der Waals surface area contributed by atoms with E-state index in [4.69, 9.17) is 17.3 Å². The first kappa shape index (κ1) is 21.8. The lowest BCUT2D eigenvalue weighted by atomic mass is 9.96. The maximum absolute atomic E-state index is 11.4. The first-order valence-electron chi connectivity index (χ1n) is 10.1. The van der Waals surface area contributed by atoms with Crippen LogP contribution in [0.15, 0.2) is 41.7 Å². The van der Waals surface area contributed by atoms with Gasteiger partial charge in [0.15, 0.2) is 5.96 Å². The van der Waals surface area contributed by atoms with E-state index in [1.54, 1.807) is 25.5 Å². The number of anilines is 1. The van der Waals surface area contributed by atoms with Gasteiger partial charge in [-0.15, -0.1) is 0 Å². The molecule has 0 aromatic carbocycles. The van der Waals surface area contributed by atoms with Gasteiger partial charge in [0.1, 0.15) is 11.0 Å². The predicted molar refractivity (Wildman–Crippen MR) is 120 cm³/mol. The Morgan fingerprint density at radius 3 is 2.73 bits per heavy atom. The van der Waals surface area contributed by atoms with Crippen molar-refractivity contribution < 1.29 is 4.79 Å². The fourth-order valence-corrected chi connectivity index (χ4v) is 3.62. The van der Waals surface area contributed by atoms with Gasteiger partial charge in [0.05, 0.1) is 0 Å². The number of nitrogens with one attached hydrogen (secondary N) is 2. The molecule has 1 amide bonds. The molecular formula is C21H28ClN7O. The molecule has 2 aromatic heterocycles. The highest BCUT2D eigenvalue weighted by molar-refractivity contribution is 6.29. The number of halogens is 1. The van der Waals surface area contributed by atoms with Gasteiger partial charge in [-0.3, -0.25) is 9.79 Å². The van der Waals surface area contributed by atoms with Crippen LogP contribution in [0.2, 0.25) is 5.15 Å². The van der Waals surface area contributed by atoms with Crippen LogP contribution in [0.25, 0.3) is 0 Å². The molecule has 0 atom stereocenters. The molecule has 0 bridgehead atoms. The summed E-state index contributed by atoms with van der Waals surface area (Å²) in [5.41, 5.74) is 7.64. The number of guanidine groups is 1. The molecule has 160 valence electrons. The van der Waals surface area contributed by atoms with Crippen LogP contribution in [0.4, 0.5) is 5.82 Å². The standard InChI is InChI=1S/C21H28ClN7O/c1-24-21(26-10-6-15-4-5-18(22)27-13-15)28-14-17-3-2-9-25-20(17)29-11-7-16(8-12-29)19(23)30/h2-5,9,13,16H,6-8,10-12,14H2,1H3,(H2,23,30)(H2,24,26,28). The molecule has 1 aliphatic heterocycles. The summed E-state index contributed by atoms with van der Waals surface area (Å²) < 4.78 is 0. The monoisotopic (exact) mass is 429 g/mol. The third kappa shape index (κ3) is 6.06. The number of hydrogen-bond acceptors (Lipinski definition) is 5. The van der Waals surface area contributed by atoms with Crippen molar-refractivity contribution in [2.75, 3.05) is 31.6 Å². The highest BCUT2D eigenvalue weighted by atomic mass is 35.5. The van der Waals surface area contributed by atoms with Gasteiger partial charge >= 0.3 is 0 Å². The van der Waals surface area contributed by atoms with E-state index in [0.29, 0.717) is 11.7 Å². The number of carbonyl (C=O) groups excluding carboxylic acids is 1. The number of carbonyl (C=O) groups is 1. The lowest BCUT2D eigenvalue weighted by Gasteiger charge is -2.32. The number of piperidine rings is 1. The number of rotatable bonds is 7. The van der Waals surface area contributed by atoms with Gasteiger partial charge < -0.3 is 21.3 Å². The molecule has 0 aliphatic carbocycles. The van der Waals surface area contributed by atoms with Crippen LogP contribution in [0.3, 0.4) is 0 Å². The summed E-state index contributed by atoms with van der Waals surface area (Å²) in [7, 11) is 1.75. The number of primary amides is 1. The van der Waals surface area contributed by atoms with Crippen molar-refractivity contribution in [3.8, 4) is 0 Å². The van der Waals surface area contributed by atoms with Gasteiger partial charge in [0.25, 0.3) is 0 Å². The normalized spacial score (nSPS) is 15.1. The number of amides is 1. The molecule has 2 aromatic rings.